The molecule has 1 N–H and O–H groups in total. The van der Waals surface area contributed by atoms with Crippen molar-refractivity contribution in [1.82, 2.24) is 4.31 Å². The third-order valence-electron chi connectivity index (χ3n) is 3.67. The van der Waals surface area contributed by atoms with Gasteiger partial charge in [0.05, 0.1) is 4.90 Å². The second kappa shape index (κ2) is 4.82. The van der Waals surface area contributed by atoms with Crippen LogP contribution in [-0.2, 0) is 14.8 Å². The fraction of sp³-hybridized carbons (Fsp3) is 0.462. The van der Waals surface area contributed by atoms with Crippen LogP contribution in [0.25, 0.3) is 0 Å². The SMILES string of the molecule is CCN(C1(C(=O)O)CC1)S(=O)(=O)c1cccc(F)c1C. The molecule has 7 heteroatoms. The van der Waals surface area contributed by atoms with E-state index in [1.54, 1.807) is 6.92 Å². The van der Waals surface area contributed by atoms with Crippen molar-refractivity contribution in [1.29, 1.82) is 0 Å². The minimum absolute atomic E-state index is 0.00661. The van der Waals surface area contributed by atoms with E-state index in [0.717, 1.165) is 4.31 Å². The first-order valence-corrected chi connectivity index (χ1v) is 7.72. The van der Waals surface area contributed by atoms with Gasteiger partial charge in [-0.15, -0.1) is 0 Å². The van der Waals surface area contributed by atoms with Gasteiger partial charge in [-0.25, -0.2) is 12.8 Å². The quantitative estimate of drug-likeness (QED) is 0.899. The highest BCUT2D eigenvalue weighted by atomic mass is 32.2. The molecule has 5 nitrogen and oxygen atoms in total. The average molecular weight is 301 g/mol. The number of carboxylic acids is 1. The van der Waals surface area contributed by atoms with E-state index in [0.29, 0.717) is 0 Å². The number of sulfonamides is 1. The second-order valence-corrected chi connectivity index (χ2v) is 6.70. The Bertz CT molecular complexity index is 652. The lowest BCUT2D eigenvalue weighted by molar-refractivity contribution is -0.143. The minimum atomic E-state index is -4.03. The van der Waals surface area contributed by atoms with Crippen molar-refractivity contribution in [2.45, 2.75) is 37.1 Å². The lowest BCUT2D eigenvalue weighted by Crippen LogP contribution is -2.47. The van der Waals surface area contributed by atoms with Gasteiger partial charge >= 0.3 is 5.97 Å². The summed E-state index contributed by atoms with van der Waals surface area (Å²) in [6.07, 6.45) is 0.563. The lowest BCUT2D eigenvalue weighted by atomic mass is 10.2. The summed E-state index contributed by atoms with van der Waals surface area (Å²) in [6, 6.07) is 3.78. The van der Waals surface area contributed by atoms with Crippen molar-refractivity contribution in [3.63, 3.8) is 0 Å². The molecule has 110 valence electrons. The van der Waals surface area contributed by atoms with Gasteiger partial charge in [0, 0.05) is 12.1 Å². The number of carboxylic acid groups (broad SMARTS) is 1. The van der Waals surface area contributed by atoms with Crippen LogP contribution < -0.4 is 0 Å². The molecule has 1 aromatic carbocycles. The van der Waals surface area contributed by atoms with E-state index in [-0.39, 0.29) is 29.8 Å². The largest absolute Gasteiger partial charge is 0.480 e. The zero-order chi connectivity index (χ0) is 15.1. The molecule has 20 heavy (non-hydrogen) atoms. The van der Waals surface area contributed by atoms with Crippen LogP contribution in [0.4, 0.5) is 4.39 Å². The number of aliphatic carboxylic acids is 1. The number of benzene rings is 1. The van der Waals surface area contributed by atoms with Gasteiger partial charge in [0.2, 0.25) is 10.0 Å². The van der Waals surface area contributed by atoms with Crippen LogP contribution in [0.2, 0.25) is 0 Å². The summed E-state index contributed by atoms with van der Waals surface area (Å²) >= 11 is 0. The van der Waals surface area contributed by atoms with Gasteiger partial charge in [-0.2, -0.15) is 4.31 Å². The Morgan fingerprint density at radius 2 is 2.05 bits per heavy atom. The number of rotatable bonds is 5. The molecule has 1 fully saturated rings. The minimum Gasteiger partial charge on any atom is -0.480 e. The number of nitrogens with zero attached hydrogens (tertiary/aromatic N) is 1. The van der Waals surface area contributed by atoms with Gasteiger partial charge in [-0.3, -0.25) is 4.79 Å². The maximum absolute atomic E-state index is 13.5. The highest BCUT2D eigenvalue weighted by Crippen LogP contribution is 2.45. The zero-order valence-electron chi connectivity index (χ0n) is 11.3. The van der Waals surface area contributed by atoms with Crippen LogP contribution in [-0.4, -0.2) is 35.9 Å². The Balaban J connectivity index is 2.54. The fourth-order valence-corrected chi connectivity index (χ4v) is 4.41. The molecule has 0 amide bonds. The van der Waals surface area contributed by atoms with E-state index < -0.39 is 27.3 Å². The second-order valence-electron chi connectivity index (χ2n) is 4.87. The summed E-state index contributed by atoms with van der Waals surface area (Å²) in [7, 11) is -4.03. The van der Waals surface area contributed by atoms with E-state index >= 15 is 0 Å². The summed E-state index contributed by atoms with van der Waals surface area (Å²) < 4.78 is 39.8. The van der Waals surface area contributed by atoms with Gasteiger partial charge < -0.3 is 5.11 Å². The molecule has 0 aromatic heterocycles. The average Bonchev–Trinajstić information content (AvgIpc) is 3.14. The van der Waals surface area contributed by atoms with Crippen molar-refractivity contribution in [2.24, 2.45) is 0 Å². The molecule has 1 aliphatic carbocycles. The Kier molecular flexibility index (Phi) is 3.60. The maximum atomic E-state index is 13.5. The molecule has 1 saturated carbocycles. The maximum Gasteiger partial charge on any atom is 0.325 e. The van der Waals surface area contributed by atoms with E-state index in [2.05, 4.69) is 0 Å². The van der Waals surface area contributed by atoms with Gasteiger partial charge in [0.25, 0.3) is 0 Å². The fourth-order valence-electron chi connectivity index (χ4n) is 2.38. The molecule has 0 heterocycles. The Labute approximate surface area is 117 Å². The Morgan fingerprint density at radius 3 is 2.50 bits per heavy atom. The van der Waals surface area contributed by atoms with E-state index in [1.807, 2.05) is 0 Å². The molecular formula is C13H16FNO4S. The van der Waals surface area contributed by atoms with E-state index in [9.17, 15) is 22.7 Å². The number of hydrogen-bond acceptors (Lipinski definition) is 3. The topological polar surface area (TPSA) is 74.7 Å². The Morgan fingerprint density at radius 1 is 1.45 bits per heavy atom. The molecule has 0 saturated heterocycles. The molecule has 0 bridgehead atoms. The first-order chi connectivity index (χ1) is 9.27. The highest BCUT2D eigenvalue weighted by molar-refractivity contribution is 7.89. The third kappa shape index (κ3) is 2.10. The number of carbonyl (C=O) groups is 1. The van der Waals surface area contributed by atoms with Gasteiger partial charge in [0.15, 0.2) is 0 Å². The molecule has 1 aromatic rings. The van der Waals surface area contributed by atoms with Crippen molar-refractivity contribution in [3.8, 4) is 0 Å². The van der Waals surface area contributed by atoms with Crippen molar-refractivity contribution < 1.29 is 22.7 Å². The van der Waals surface area contributed by atoms with E-state index in [1.165, 1.54) is 25.1 Å². The molecule has 0 unspecified atom stereocenters. The van der Waals surface area contributed by atoms with Crippen LogP contribution in [0.15, 0.2) is 23.1 Å². The number of halogens is 1. The molecule has 0 spiro atoms. The van der Waals surface area contributed by atoms with Crippen molar-refractivity contribution >= 4 is 16.0 Å². The summed E-state index contributed by atoms with van der Waals surface area (Å²) in [5.74, 6) is -1.78. The smallest absolute Gasteiger partial charge is 0.325 e. The predicted molar refractivity (Wildman–Crippen MR) is 70.3 cm³/mol. The number of hydrogen-bond donors (Lipinski definition) is 1. The van der Waals surface area contributed by atoms with Crippen LogP contribution in [0.5, 0.6) is 0 Å². The summed E-state index contributed by atoms with van der Waals surface area (Å²) in [5.41, 5.74) is -1.36. The van der Waals surface area contributed by atoms with Crippen LogP contribution in [0.3, 0.4) is 0 Å². The third-order valence-corrected chi connectivity index (χ3v) is 5.86. The van der Waals surface area contributed by atoms with Gasteiger partial charge in [-0.1, -0.05) is 13.0 Å². The van der Waals surface area contributed by atoms with Crippen LogP contribution in [0, 0.1) is 12.7 Å². The van der Waals surface area contributed by atoms with Crippen LogP contribution in [0.1, 0.15) is 25.3 Å². The highest BCUT2D eigenvalue weighted by Gasteiger charge is 2.59. The normalized spacial score (nSPS) is 17.2. The molecular weight excluding hydrogens is 285 g/mol. The predicted octanol–water partition coefficient (Wildman–Crippen LogP) is 1.76. The molecule has 2 rings (SSSR count). The van der Waals surface area contributed by atoms with Crippen molar-refractivity contribution in [2.75, 3.05) is 6.54 Å². The summed E-state index contributed by atoms with van der Waals surface area (Å²) in [6.45, 7) is 2.98. The van der Waals surface area contributed by atoms with Gasteiger partial charge in [0.1, 0.15) is 11.4 Å². The van der Waals surface area contributed by atoms with Crippen molar-refractivity contribution in [3.05, 3.63) is 29.6 Å². The number of likely N-dealkylation sites (N-methyl/N-ethyl adjacent to an activating group) is 1. The first-order valence-electron chi connectivity index (χ1n) is 6.28. The van der Waals surface area contributed by atoms with E-state index in [4.69, 9.17) is 0 Å². The summed E-state index contributed by atoms with van der Waals surface area (Å²) in [4.78, 5) is 11.2. The Hall–Kier alpha value is -1.47. The first kappa shape index (κ1) is 14.9. The monoisotopic (exact) mass is 301 g/mol. The molecule has 1 aliphatic rings. The molecule has 0 atom stereocenters. The molecule has 0 aliphatic heterocycles. The van der Waals surface area contributed by atoms with Crippen LogP contribution >= 0.6 is 0 Å². The zero-order valence-corrected chi connectivity index (χ0v) is 12.1. The van der Waals surface area contributed by atoms with Gasteiger partial charge in [-0.05, 0) is 31.9 Å². The summed E-state index contributed by atoms with van der Waals surface area (Å²) in [5, 5.41) is 9.26. The molecule has 0 radical (unpaired) electrons. The standard InChI is InChI=1S/C13H16FNO4S/c1-3-15(13(7-8-13)12(16)17)20(18,19)11-6-4-5-10(14)9(11)2/h4-6H,3,7-8H2,1-2H3,(H,16,17). The lowest BCUT2D eigenvalue weighted by Gasteiger charge is -2.27.